The lowest BCUT2D eigenvalue weighted by Crippen LogP contribution is -2.04. The minimum Gasteiger partial charge on any atom is -0.334 e. The van der Waals surface area contributed by atoms with Gasteiger partial charge in [0, 0.05) is 11.1 Å². The maximum atomic E-state index is 6.24. The predicted molar refractivity (Wildman–Crippen MR) is 101 cm³/mol. The smallest absolute Gasteiger partial charge is 0.258 e. The Hall–Kier alpha value is -2.92. The first-order valence-corrected chi connectivity index (χ1v) is 8.67. The van der Waals surface area contributed by atoms with Crippen LogP contribution in [-0.4, -0.2) is 19.9 Å². The fourth-order valence-electron chi connectivity index (χ4n) is 2.85. The molecule has 4 rings (SSSR count). The lowest BCUT2D eigenvalue weighted by atomic mass is 10.1. The average molecular weight is 365 g/mol. The molecule has 4 aromatic rings. The molecule has 6 heteroatoms. The van der Waals surface area contributed by atoms with E-state index >= 15 is 0 Å². The SMILES string of the molecule is Cc1nn(Cc2cccc(-c3nc(-c4ccccc4)no3)c2)c(C)c1Cl. The van der Waals surface area contributed by atoms with Crippen LogP contribution in [0.5, 0.6) is 0 Å². The molecule has 0 aliphatic rings. The van der Waals surface area contributed by atoms with E-state index in [-0.39, 0.29) is 0 Å². The number of aryl methyl sites for hydroxylation is 1. The second kappa shape index (κ2) is 6.77. The fourth-order valence-corrected chi connectivity index (χ4v) is 2.99. The highest BCUT2D eigenvalue weighted by Gasteiger charge is 2.12. The van der Waals surface area contributed by atoms with Gasteiger partial charge in [0.25, 0.3) is 5.89 Å². The first-order valence-electron chi connectivity index (χ1n) is 8.30. The van der Waals surface area contributed by atoms with Crippen LogP contribution in [0.2, 0.25) is 5.02 Å². The summed E-state index contributed by atoms with van der Waals surface area (Å²) in [5, 5.41) is 9.28. The summed E-state index contributed by atoms with van der Waals surface area (Å²) in [7, 11) is 0. The summed E-state index contributed by atoms with van der Waals surface area (Å²) in [5.41, 5.74) is 4.69. The normalized spacial score (nSPS) is 11.0. The molecular formula is C20H17ClN4O. The molecule has 0 fully saturated rings. The topological polar surface area (TPSA) is 56.7 Å². The first kappa shape index (κ1) is 16.5. The average Bonchev–Trinajstić information content (AvgIpc) is 3.25. The molecule has 0 N–H and O–H groups in total. The molecular weight excluding hydrogens is 348 g/mol. The third kappa shape index (κ3) is 3.13. The lowest BCUT2D eigenvalue weighted by Gasteiger charge is -2.05. The number of hydrogen-bond acceptors (Lipinski definition) is 4. The monoisotopic (exact) mass is 364 g/mol. The van der Waals surface area contributed by atoms with Crippen molar-refractivity contribution in [3.63, 3.8) is 0 Å². The van der Waals surface area contributed by atoms with Gasteiger partial charge in [-0.05, 0) is 31.5 Å². The van der Waals surface area contributed by atoms with E-state index in [9.17, 15) is 0 Å². The van der Waals surface area contributed by atoms with Gasteiger partial charge in [0.05, 0.1) is 23.0 Å². The molecule has 0 unspecified atom stereocenters. The van der Waals surface area contributed by atoms with Gasteiger partial charge in [0.15, 0.2) is 0 Å². The fraction of sp³-hybridized carbons (Fsp3) is 0.150. The van der Waals surface area contributed by atoms with Crippen molar-refractivity contribution >= 4 is 11.6 Å². The van der Waals surface area contributed by atoms with Crippen molar-refractivity contribution in [1.29, 1.82) is 0 Å². The third-order valence-electron chi connectivity index (χ3n) is 4.26. The van der Waals surface area contributed by atoms with Crippen molar-refractivity contribution in [2.24, 2.45) is 0 Å². The Balaban J connectivity index is 1.62. The van der Waals surface area contributed by atoms with Gasteiger partial charge in [-0.1, -0.05) is 59.2 Å². The molecule has 0 saturated carbocycles. The van der Waals surface area contributed by atoms with Gasteiger partial charge in [-0.15, -0.1) is 0 Å². The quantitative estimate of drug-likeness (QED) is 0.515. The second-order valence-corrected chi connectivity index (χ2v) is 6.51. The molecule has 0 amide bonds. The molecule has 5 nitrogen and oxygen atoms in total. The Labute approximate surface area is 156 Å². The van der Waals surface area contributed by atoms with E-state index in [2.05, 4.69) is 15.2 Å². The Morgan fingerprint density at radius 2 is 1.77 bits per heavy atom. The van der Waals surface area contributed by atoms with Crippen LogP contribution in [0.15, 0.2) is 59.1 Å². The van der Waals surface area contributed by atoms with Crippen molar-refractivity contribution < 1.29 is 4.52 Å². The van der Waals surface area contributed by atoms with Crippen LogP contribution >= 0.6 is 11.6 Å². The Morgan fingerprint density at radius 3 is 2.50 bits per heavy atom. The largest absolute Gasteiger partial charge is 0.334 e. The summed E-state index contributed by atoms with van der Waals surface area (Å²) >= 11 is 6.24. The number of aromatic nitrogens is 4. The molecule has 0 aliphatic heterocycles. The maximum absolute atomic E-state index is 6.24. The molecule has 0 bridgehead atoms. The van der Waals surface area contributed by atoms with Crippen molar-refractivity contribution in [3.05, 3.63) is 76.6 Å². The van der Waals surface area contributed by atoms with Gasteiger partial charge in [0.2, 0.25) is 5.82 Å². The van der Waals surface area contributed by atoms with Crippen LogP contribution in [-0.2, 0) is 6.54 Å². The van der Waals surface area contributed by atoms with Gasteiger partial charge in [-0.3, -0.25) is 4.68 Å². The van der Waals surface area contributed by atoms with Gasteiger partial charge in [0.1, 0.15) is 0 Å². The van der Waals surface area contributed by atoms with Gasteiger partial charge in [-0.25, -0.2) is 0 Å². The summed E-state index contributed by atoms with van der Waals surface area (Å²) in [6.45, 7) is 4.51. The number of rotatable bonds is 4. The summed E-state index contributed by atoms with van der Waals surface area (Å²) in [6, 6.07) is 17.8. The molecule has 2 aromatic heterocycles. The van der Waals surface area contributed by atoms with Gasteiger partial charge in [-0.2, -0.15) is 10.1 Å². The van der Waals surface area contributed by atoms with E-state index in [0.717, 1.165) is 28.1 Å². The Morgan fingerprint density at radius 1 is 1.00 bits per heavy atom. The molecule has 0 radical (unpaired) electrons. The van der Waals surface area contributed by atoms with E-state index < -0.39 is 0 Å². The first-order chi connectivity index (χ1) is 12.6. The van der Waals surface area contributed by atoms with Crippen molar-refractivity contribution in [3.8, 4) is 22.8 Å². The zero-order chi connectivity index (χ0) is 18.1. The minimum atomic E-state index is 0.497. The standard InChI is InChI=1S/C20H17ClN4O/c1-13-18(21)14(2)25(23-13)12-15-7-6-10-17(11-15)20-22-19(24-26-20)16-8-4-3-5-9-16/h3-11H,12H2,1-2H3. The number of hydrogen-bond donors (Lipinski definition) is 0. The van der Waals surface area contributed by atoms with E-state index in [1.165, 1.54) is 0 Å². The van der Waals surface area contributed by atoms with Crippen molar-refractivity contribution in [1.82, 2.24) is 19.9 Å². The van der Waals surface area contributed by atoms with Crippen LogP contribution in [0.1, 0.15) is 17.0 Å². The molecule has 26 heavy (non-hydrogen) atoms. The summed E-state index contributed by atoms with van der Waals surface area (Å²) in [5.74, 6) is 1.08. The molecule has 0 saturated heterocycles. The Kier molecular flexibility index (Phi) is 4.31. The number of halogens is 1. The highest BCUT2D eigenvalue weighted by atomic mass is 35.5. The Bertz CT molecular complexity index is 1050. The number of benzene rings is 2. The van der Waals surface area contributed by atoms with Crippen LogP contribution < -0.4 is 0 Å². The van der Waals surface area contributed by atoms with Crippen LogP contribution in [0.4, 0.5) is 0 Å². The van der Waals surface area contributed by atoms with Crippen LogP contribution in [0.25, 0.3) is 22.8 Å². The zero-order valence-electron chi connectivity index (χ0n) is 14.5. The van der Waals surface area contributed by atoms with Crippen molar-refractivity contribution in [2.45, 2.75) is 20.4 Å². The number of nitrogens with zero attached hydrogens (tertiary/aromatic N) is 4. The second-order valence-electron chi connectivity index (χ2n) is 6.13. The molecule has 2 heterocycles. The van der Waals surface area contributed by atoms with E-state index in [1.54, 1.807) is 0 Å². The van der Waals surface area contributed by atoms with Crippen LogP contribution in [0.3, 0.4) is 0 Å². The molecule has 2 aromatic carbocycles. The van der Waals surface area contributed by atoms with Crippen LogP contribution in [0, 0.1) is 13.8 Å². The zero-order valence-corrected chi connectivity index (χ0v) is 15.2. The molecule has 0 spiro atoms. The summed E-state index contributed by atoms with van der Waals surface area (Å²) in [4.78, 5) is 4.51. The van der Waals surface area contributed by atoms with E-state index in [1.807, 2.05) is 73.1 Å². The maximum Gasteiger partial charge on any atom is 0.258 e. The summed E-state index contributed by atoms with van der Waals surface area (Å²) in [6.07, 6.45) is 0. The summed E-state index contributed by atoms with van der Waals surface area (Å²) < 4.78 is 7.36. The molecule has 0 atom stereocenters. The van der Waals surface area contributed by atoms with E-state index in [4.69, 9.17) is 16.1 Å². The predicted octanol–water partition coefficient (Wildman–Crippen LogP) is 4.92. The third-order valence-corrected chi connectivity index (χ3v) is 4.80. The van der Waals surface area contributed by atoms with Gasteiger partial charge < -0.3 is 4.52 Å². The molecule has 130 valence electrons. The molecule has 0 aliphatic carbocycles. The minimum absolute atomic E-state index is 0.497. The van der Waals surface area contributed by atoms with E-state index in [0.29, 0.717) is 23.3 Å². The van der Waals surface area contributed by atoms with Gasteiger partial charge >= 0.3 is 0 Å². The lowest BCUT2D eigenvalue weighted by molar-refractivity contribution is 0.432. The van der Waals surface area contributed by atoms with Crippen molar-refractivity contribution in [2.75, 3.05) is 0 Å². The highest BCUT2D eigenvalue weighted by Crippen LogP contribution is 2.24. The highest BCUT2D eigenvalue weighted by molar-refractivity contribution is 6.31.